The van der Waals surface area contributed by atoms with Crippen LogP contribution >= 0.6 is 0 Å². The summed E-state index contributed by atoms with van der Waals surface area (Å²) in [4.78, 5) is 0.356. The fraction of sp³-hybridized carbons (Fsp3) is 0.294. The van der Waals surface area contributed by atoms with Crippen LogP contribution in [-0.4, -0.2) is 39.0 Å². The minimum atomic E-state index is -3.25. The summed E-state index contributed by atoms with van der Waals surface area (Å²) in [6, 6.07) is 16.9. The van der Waals surface area contributed by atoms with E-state index in [0.29, 0.717) is 24.4 Å². The van der Waals surface area contributed by atoms with Gasteiger partial charge in [0.1, 0.15) is 0 Å². The van der Waals surface area contributed by atoms with Gasteiger partial charge in [-0.05, 0) is 36.2 Å². The van der Waals surface area contributed by atoms with Crippen molar-refractivity contribution in [2.75, 3.05) is 25.4 Å². The third-order valence-corrected chi connectivity index (χ3v) is 5.19. The highest BCUT2D eigenvalue weighted by Crippen LogP contribution is 2.21. The SMILES string of the molecule is O=S(=O)(CCCNCCO)c1ccc(-c2ccccc2)cc1. The number of aliphatic hydroxyl groups excluding tert-OH is 1. The van der Waals surface area contributed by atoms with Crippen LogP contribution in [0.3, 0.4) is 0 Å². The van der Waals surface area contributed by atoms with Crippen LogP contribution < -0.4 is 5.32 Å². The number of hydrogen-bond donors (Lipinski definition) is 2. The van der Waals surface area contributed by atoms with E-state index in [1.54, 1.807) is 12.1 Å². The highest BCUT2D eigenvalue weighted by atomic mass is 32.2. The maximum Gasteiger partial charge on any atom is 0.178 e. The topological polar surface area (TPSA) is 66.4 Å². The standard InChI is InChI=1S/C17H21NO3S/c19-13-12-18-11-4-14-22(20,21)17-9-7-16(8-10-17)15-5-2-1-3-6-15/h1-3,5-10,18-19H,4,11-14H2. The molecule has 0 radical (unpaired) electrons. The zero-order chi connectivity index (χ0) is 15.8. The molecule has 0 unspecified atom stereocenters. The van der Waals surface area contributed by atoms with Crippen molar-refractivity contribution in [1.29, 1.82) is 0 Å². The minimum Gasteiger partial charge on any atom is -0.395 e. The van der Waals surface area contributed by atoms with Gasteiger partial charge in [-0.1, -0.05) is 42.5 Å². The Bertz CT molecular complexity index is 667. The second-order valence-corrected chi connectivity index (χ2v) is 7.15. The number of nitrogens with one attached hydrogen (secondary N) is 1. The molecule has 0 bridgehead atoms. The van der Waals surface area contributed by atoms with E-state index in [-0.39, 0.29) is 12.4 Å². The van der Waals surface area contributed by atoms with Crippen LogP contribution in [0, 0.1) is 0 Å². The van der Waals surface area contributed by atoms with Gasteiger partial charge in [0.25, 0.3) is 0 Å². The van der Waals surface area contributed by atoms with Gasteiger partial charge in [0.15, 0.2) is 9.84 Å². The van der Waals surface area contributed by atoms with Crippen molar-refractivity contribution in [2.45, 2.75) is 11.3 Å². The summed E-state index contributed by atoms with van der Waals surface area (Å²) in [6.07, 6.45) is 0.531. The van der Waals surface area contributed by atoms with Crippen molar-refractivity contribution < 1.29 is 13.5 Å². The lowest BCUT2D eigenvalue weighted by Gasteiger charge is -2.07. The summed E-state index contributed by atoms with van der Waals surface area (Å²) in [5, 5.41) is 11.6. The largest absolute Gasteiger partial charge is 0.395 e. The monoisotopic (exact) mass is 319 g/mol. The maximum absolute atomic E-state index is 12.2. The molecule has 0 atom stereocenters. The van der Waals surface area contributed by atoms with Crippen LogP contribution in [0.15, 0.2) is 59.5 Å². The van der Waals surface area contributed by atoms with Crippen LogP contribution in [-0.2, 0) is 9.84 Å². The third kappa shape index (κ3) is 4.66. The van der Waals surface area contributed by atoms with Gasteiger partial charge in [-0.25, -0.2) is 8.42 Å². The molecular weight excluding hydrogens is 298 g/mol. The van der Waals surface area contributed by atoms with Crippen molar-refractivity contribution in [2.24, 2.45) is 0 Å². The number of rotatable bonds is 8. The van der Waals surface area contributed by atoms with Crippen LogP contribution in [0.4, 0.5) is 0 Å². The highest BCUT2D eigenvalue weighted by Gasteiger charge is 2.13. The highest BCUT2D eigenvalue weighted by molar-refractivity contribution is 7.91. The van der Waals surface area contributed by atoms with Gasteiger partial charge >= 0.3 is 0 Å². The Hall–Kier alpha value is -1.69. The van der Waals surface area contributed by atoms with Crippen molar-refractivity contribution in [3.8, 4) is 11.1 Å². The molecule has 2 aromatic carbocycles. The fourth-order valence-corrected chi connectivity index (χ4v) is 3.51. The average Bonchev–Trinajstić information content (AvgIpc) is 2.55. The van der Waals surface area contributed by atoms with E-state index >= 15 is 0 Å². The van der Waals surface area contributed by atoms with E-state index in [2.05, 4.69) is 5.32 Å². The molecule has 0 saturated carbocycles. The van der Waals surface area contributed by atoms with Crippen LogP contribution in [0.1, 0.15) is 6.42 Å². The summed E-state index contributed by atoms with van der Waals surface area (Å²) in [5.41, 5.74) is 2.07. The Kier molecular flexibility index (Phi) is 6.12. The molecule has 4 nitrogen and oxygen atoms in total. The number of aliphatic hydroxyl groups is 1. The molecule has 2 aromatic rings. The van der Waals surface area contributed by atoms with Gasteiger partial charge in [0.05, 0.1) is 17.3 Å². The molecule has 0 aliphatic heterocycles. The van der Waals surface area contributed by atoms with Gasteiger partial charge in [0, 0.05) is 6.54 Å². The zero-order valence-corrected chi connectivity index (χ0v) is 13.2. The second kappa shape index (κ2) is 8.08. The lowest BCUT2D eigenvalue weighted by atomic mass is 10.1. The van der Waals surface area contributed by atoms with Crippen molar-refractivity contribution in [1.82, 2.24) is 5.32 Å². The molecule has 0 aliphatic rings. The molecule has 2 N–H and O–H groups in total. The van der Waals surface area contributed by atoms with Gasteiger partial charge in [-0.2, -0.15) is 0 Å². The number of benzene rings is 2. The van der Waals surface area contributed by atoms with E-state index in [4.69, 9.17) is 5.11 Å². The van der Waals surface area contributed by atoms with Crippen LogP contribution in [0.25, 0.3) is 11.1 Å². The minimum absolute atomic E-state index is 0.0632. The zero-order valence-electron chi connectivity index (χ0n) is 12.4. The van der Waals surface area contributed by atoms with Crippen LogP contribution in [0.5, 0.6) is 0 Å². The molecule has 0 saturated heterocycles. The van der Waals surface area contributed by atoms with E-state index in [1.807, 2.05) is 42.5 Å². The molecule has 0 amide bonds. The average molecular weight is 319 g/mol. The summed E-state index contributed by atoms with van der Waals surface area (Å²) in [5.74, 6) is 0.107. The van der Waals surface area contributed by atoms with Gasteiger partial charge in [0.2, 0.25) is 0 Å². The van der Waals surface area contributed by atoms with E-state index in [0.717, 1.165) is 11.1 Å². The van der Waals surface area contributed by atoms with Crippen molar-refractivity contribution in [3.05, 3.63) is 54.6 Å². The van der Waals surface area contributed by atoms with Crippen molar-refractivity contribution >= 4 is 9.84 Å². The molecule has 5 heteroatoms. The van der Waals surface area contributed by atoms with Crippen LogP contribution in [0.2, 0.25) is 0 Å². The molecule has 0 spiro atoms. The Balaban J connectivity index is 2.00. The van der Waals surface area contributed by atoms with E-state index in [9.17, 15) is 8.42 Å². The molecule has 0 heterocycles. The molecule has 118 valence electrons. The van der Waals surface area contributed by atoms with Gasteiger partial charge in [-0.3, -0.25) is 0 Å². The molecule has 0 fully saturated rings. The fourth-order valence-electron chi connectivity index (χ4n) is 2.19. The lowest BCUT2D eigenvalue weighted by Crippen LogP contribution is -2.21. The third-order valence-electron chi connectivity index (χ3n) is 3.38. The maximum atomic E-state index is 12.2. The van der Waals surface area contributed by atoms with E-state index in [1.165, 1.54) is 0 Å². The van der Waals surface area contributed by atoms with Crippen molar-refractivity contribution in [3.63, 3.8) is 0 Å². The molecule has 0 aromatic heterocycles. The lowest BCUT2D eigenvalue weighted by molar-refractivity contribution is 0.292. The Morgan fingerprint density at radius 2 is 1.50 bits per heavy atom. The predicted octanol–water partition coefficient (Wildman–Crippen LogP) is 2.10. The molecule has 0 aliphatic carbocycles. The van der Waals surface area contributed by atoms with Gasteiger partial charge < -0.3 is 10.4 Å². The quantitative estimate of drug-likeness (QED) is 0.731. The summed E-state index contributed by atoms with van der Waals surface area (Å²) < 4.78 is 24.5. The smallest absolute Gasteiger partial charge is 0.178 e. The number of hydrogen-bond acceptors (Lipinski definition) is 4. The first-order valence-electron chi connectivity index (χ1n) is 7.33. The summed E-state index contributed by atoms with van der Waals surface area (Å²) >= 11 is 0. The molecule has 2 rings (SSSR count). The van der Waals surface area contributed by atoms with E-state index < -0.39 is 9.84 Å². The summed E-state index contributed by atoms with van der Waals surface area (Å²) in [7, 11) is -3.25. The molecule has 22 heavy (non-hydrogen) atoms. The molecular formula is C17H21NO3S. The number of sulfone groups is 1. The first-order chi connectivity index (χ1) is 10.6. The first kappa shape index (κ1) is 16.7. The predicted molar refractivity (Wildman–Crippen MR) is 88.5 cm³/mol. The Labute approximate surface area is 131 Å². The first-order valence-corrected chi connectivity index (χ1v) is 8.98. The van der Waals surface area contributed by atoms with Gasteiger partial charge in [-0.15, -0.1) is 0 Å². The Morgan fingerprint density at radius 1 is 0.864 bits per heavy atom. The Morgan fingerprint density at radius 3 is 2.14 bits per heavy atom. The normalized spacial score (nSPS) is 11.5. The summed E-state index contributed by atoms with van der Waals surface area (Å²) in [6.45, 7) is 1.14. The second-order valence-electron chi connectivity index (χ2n) is 5.04.